The molecule has 166 valence electrons. The fraction of sp³-hybridized carbons (Fsp3) is 0.167. The van der Waals surface area contributed by atoms with Crippen molar-refractivity contribution in [3.8, 4) is 0 Å². The summed E-state index contributed by atoms with van der Waals surface area (Å²) < 4.78 is 29.3. The Bertz CT molecular complexity index is 1250. The van der Waals surface area contributed by atoms with Gasteiger partial charge in [0.05, 0.1) is 15.5 Å². The molecule has 0 radical (unpaired) electrons. The number of anilines is 1. The summed E-state index contributed by atoms with van der Waals surface area (Å²) in [6.07, 6.45) is -0.252. The first-order valence-electron chi connectivity index (χ1n) is 9.69. The Hall–Kier alpha value is -3.16. The minimum absolute atomic E-state index is 0.0175. The lowest BCUT2D eigenvalue weighted by atomic mass is 10.1. The zero-order valence-corrected chi connectivity index (χ0v) is 19.3. The first-order valence-corrected chi connectivity index (χ1v) is 12.0. The molecule has 1 N–H and O–H groups in total. The van der Waals surface area contributed by atoms with Gasteiger partial charge in [-0.3, -0.25) is 4.79 Å². The third kappa shape index (κ3) is 5.75. The van der Waals surface area contributed by atoms with Crippen molar-refractivity contribution in [3.05, 3.63) is 94.0 Å². The van der Waals surface area contributed by atoms with Gasteiger partial charge in [0.15, 0.2) is 9.84 Å². The smallest absolute Gasteiger partial charge is 0.340 e. The second kappa shape index (κ2) is 9.54. The molecule has 1 amide bonds. The number of nitrogens with one attached hydrogen (secondary N) is 1. The van der Waals surface area contributed by atoms with Crippen LogP contribution in [0.25, 0.3) is 0 Å². The van der Waals surface area contributed by atoms with Crippen LogP contribution in [0.5, 0.6) is 0 Å². The highest BCUT2D eigenvalue weighted by molar-refractivity contribution is 7.90. The number of hydrogen-bond acceptors (Lipinski definition) is 5. The van der Waals surface area contributed by atoms with Gasteiger partial charge in [-0.2, -0.15) is 0 Å². The third-order valence-electron chi connectivity index (χ3n) is 4.64. The normalized spacial score (nSPS) is 12.1. The largest absolute Gasteiger partial charge is 0.444 e. The van der Waals surface area contributed by atoms with Crippen LogP contribution in [0.3, 0.4) is 0 Å². The first kappa shape index (κ1) is 23.5. The van der Waals surface area contributed by atoms with Gasteiger partial charge in [-0.25, -0.2) is 13.2 Å². The molecule has 0 saturated carbocycles. The molecule has 0 fully saturated rings. The van der Waals surface area contributed by atoms with Crippen LogP contribution in [0.15, 0.2) is 71.6 Å². The van der Waals surface area contributed by atoms with Gasteiger partial charge in [0.25, 0.3) is 5.91 Å². The molecule has 0 spiro atoms. The number of hydrogen-bond donors (Lipinski definition) is 1. The molecule has 3 aromatic carbocycles. The van der Waals surface area contributed by atoms with E-state index in [0.717, 1.165) is 23.4 Å². The van der Waals surface area contributed by atoms with Crippen molar-refractivity contribution in [2.75, 3.05) is 11.6 Å². The number of amides is 1. The van der Waals surface area contributed by atoms with Crippen LogP contribution in [-0.4, -0.2) is 26.6 Å². The lowest BCUT2D eigenvalue weighted by molar-refractivity contribution is -0.125. The third-order valence-corrected chi connectivity index (χ3v) is 6.08. The van der Waals surface area contributed by atoms with Crippen molar-refractivity contribution in [1.82, 2.24) is 0 Å². The Balaban J connectivity index is 1.94. The highest BCUT2D eigenvalue weighted by atomic mass is 35.5. The summed E-state index contributed by atoms with van der Waals surface area (Å²) in [5.74, 6) is -1.46. The van der Waals surface area contributed by atoms with E-state index in [1.165, 1.54) is 12.1 Å². The van der Waals surface area contributed by atoms with Crippen LogP contribution in [0, 0.1) is 13.8 Å². The standard InChI is InChI=1S/C24H22ClNO5S/c1-15-11-16(2)13-18(12-15)26-23(27)22(17-7-5-4-6-8-17)31-24(28)20-14-19(32(3,29)30)9-10-21(20)25/h4-14,22H,1-3H3,(H,26,27). The van der Waals surface area contributed by atoms with Gasteiger partial charge in [0.2, 0.25) is 6.10 Å². The van der Waals surface area contributed by atoms with E-state index < -0.39 is 27.8 Å². The van der Waals surface area contributed by atoms with Crippen LogP contribution in [0.4, 0.5) is 5.69 Å². The van der Waals surface area contributed by atoms with Crippen LogP contribution in [-0.2, 0) is 19.4 Å². The van der Waals surface area contributed by atoms with Crippen molar-refractivity contribution < 1.29 is 22.7 Å². The minimum Gasteiger partial charge on any atom is -0.444 e. The fourth-order valence-corrected chi connectivity index (χ4v) is 4.06. The van der Waals surface area contributed by atoms with Gasteiger partial charge >= 0.3 is 5.97 Å². The van der Waals surface area contributed by atoms with E-state index in [1.807, 2.05) is 19.9 Å². The number of rotatable bonds is 6. The average Bonchev–Trinajstić information content (AvgIpc) is 2.71. The predicted octanol–water partition coefficient (Wildman–Crippen LogP) is 4.90. The number of halogens is 1. The van der Waals surface area contributed by atoms with Crippen LogP contribution in [0.1, 0.15) is 33.2 Å². The molecule has 3 aromatic rings. The lowest BCUT2D eigenvalue weighted by Gasteiger charge is -2.19. The minimum atomic E-state index is -3.57. The molecule has 3 rings (SSSR count). The average molecular weight is 472 g/mol. The first-order chi connectivity index (χ1) is 15.0. The highest BCUT2D eigenvalue weighted by Crippen LogP contribution is 2.26. The summed E-state index contributed by atoms with van der Waals surface area (Å²) in [7, 11) is -3.57. The van der Waals surface area contributed by atoms with Crippen molar-refractivity contribution in [2.45, 2.75) is 24.8 Å². The SMILES string of the molecule is Cc1cc(C)cc(NC(=O)C(OC(=O)c2cc(S(C)(=O)=O)ccc2Cl)c2ccccc2)c1. The van der Waals surface area contributed by atoms with Crippen molar-refractivity contribution in [3.63, 3.8) is 0 Å². The summed E-state index contributed by atoms with van der Waals surface area (Å²) >= 11 is 6.12. The summed E-state index contributed by atoms with van der Waals surface area (Å²) in [6.45, 7) is 3.82. The molecule has 0 heterocycles. The summed E-state index contributed by atoms with van der Waals surface area (Å²) in [4.78, 5) is 25.9. The van der Waals surface area contributed by atoms with Gasteiger partial charge in [0.1, 0.15) is 0 Å². The van der Waals surface area contributed by atoms with Gasteiger partial charge in [0, 0.05) is 17.5 Å². The molecule has 1 atom stereocenters. The number of sulfone groups is 1. The maximum absolute atomic E-state index is 13.1. The van der Waals surface area contributed by atoms with Gasteiger partial charge < -0.3 is 10.1 Å². The molecular weight excluding hydrogens is 450 g/mol. The molecule has 1 unspecified atom stereocenters. The van der Waals surface area contributed by atoms with Crippen molar-refractivity contribution >= 4 is 39.0 Å². The molecule has 0 aromatic heterocycles. The summed E-state index contributed by atoms with van der Waals surface area (Å²) in [5, 5.41) is 2.80. The van der Waals surface area contributed by atoms with E-state index in [-0.39, 0.29) is 15.5 Å². The van der Waals surface area contributed by atoms with Gasteiger partial charge in [-0.1, -0.05) is 48.0 Å². The fourth-order valence-electron chi connectivity index (χ4n) is 3.22. The second-order valence-corrected chi connectivity index (χ2v) is 9.90. The number of aryl methyl sites for hydroxylation is 2. The maximum atomic E-state index is 13.1. The summed E-state index contributed by atoms with van der Waals surface area (Å²) in [5.41, 5.74) is 2.82. The van der Waals surface area contributed by atoms with E-state index in [2.05, 4.69) is 5.32 Å². The molecule has 6 nitrogen and oxygen atoms in total. The number of esters is 1. The monoisotopic (exact) mass is 471 g/mol. The number of carbonyl (C=O) groups is 2. The maximum Gasteiger partial charge on any atom is 0.340 e. The molecule has 0 bridgehead atoms. The van der Waals surface area contributed by atoms with E-state index in [0.29, 0.717) is 11.3 Å². The Morgan fingerprint density at radius 2 is 1.56 bits per heavy atom. The molecule has 0 aliphatic carbocycles. The molecular formula is C24H22ClNO5S. The van der Waals surface area contributed by atoms with E-state index >= 15 is 0 Å². The Morgan fingerprint density at radius 3 is 2.16 bits per heavy atom. The number of ether oxygens (including phenoxy) is 1. The van der Waals surface area contributed by atoms with E-state index in [4.69, 9.17) is 16.3 Å². The second-order valence-electron chi connectivity index (χ2n) is 7.48. The van der Waals surface area contributed by atoms with E-state index in [1.54, 1.807) is 42.5 Å². The Kier molecular flexibility index (Phi) is 7.01. The summed E-state index contributed by atoms with van der Waals surface area (Å²) in [6, 6.07) is 17.9. The molecule has 0 aliphatic heterocycles. The van der Waals surface area contributed by atoms with Crippen LogP contribution in [0.2, 0.25) is 5.02 Å². The molecule has 0 aliphatic rings. The molecule has 8 heteroatoms. The van der Waals surface area contributed by atoms with Crippen LogP contribution >= 0.6 is 11.6 Å². The van der Waals surface area contributed by atoms with Crippen LogP contribution < -0.4 is 5.32 Å². The Morgan fingerprint density at radius 1 is 0.938 bits per heavy atom. The zero-order valence-electron chi connectivity index (χ0n) is 17.8. The number of carbonyl (C=O) groups excluding carboxylic acids is 2. The van der Waals surface area contributed by atoms with Gasteiger partial charge in [-0.15, -0.1) is 0 Å². The highest BCUT2D eigenvalue weighted by Gasteiger charge is 2.27. The predicted molar refractivity (Wildman–Crippen MR) is 124 cm³/mol. The Labute approximate surface area is 192 Å². The molecule has 0 saturated heterocycles. The number of benzene rings is 3. The molecule has 32 heavy (non-hydrogen) atoms. The van der Waals surface area contributed by atoms with Gasteiger partial charge in [-0.05, 0) is 55.3 Å². The zero-order chi connectivity index (χ0) is 23.5. The van der Waals surface area contributed by atoms with E-state index in [9.17, 15) is 18.0 Å². The van der Waals surface area contributed by atoms with Crippen molar-refractivity contribution in [2.24, 2.45) is 0 Å². The quantitative estimate of drug-likeness (QED) is 0.516. The topological polar surface area (TPSA) is 89.5 Å². The van der Waals surface area contributed by atoms with Crippen molar-refractivity contribution in [1.29, 1.82) is 0 Å². The lowest BCUT2D eigenvalue weighted by Crippen LogP contribution is -2.26.